The van der Waals surface area contributed by atoms with Gasteiger partial charge in [-0.25, -0.2) is 8.42 Å². The van der Waals surface area contributed by atoms with E-state index in [9.17, 15) is 34.9 Å². The minimum atomic E-state index is -5.48. The highest BCUT2D eigenvalue weighted by Crippen LogP contribution is 2.38. The molecule has 1 rings (SSSR count). The monoisotopic (exact) mass is 408 g/mol. The van der Waals surface area contributed by atoms with Gasteiger partial charge in [-0.1, -0.05) is 17.7 Å². The number of aryl methyl sites for hydroxylation is 1. The van der Waals surface area contributed by atoms with E-state index in [0.717, 1.165) is 17.3 Å². The number of hydrogen-bond acceptors (Lipinski definition) is 4. The lowest BCUT2D eigenvalue weighted by molar-refractivity contribution is -0.284. The zero-order valence-electron chi connectivity index (χ0n) is 13.0. The van der Waals surface area contributed by atoms with Gasteiger partial charge in [-0.3, -0.25) is 11.1 Å². The van der Waals surface area contributed by atoms with E-state index in [4.69, 9.17) is 11.1 Å². The average Bonchev–Trinajstić information content (AvgIpc) is 2.42. The third kappa shape index (κ3) is 9.60. The number of nitrogens with two attached hydrogens (primary N) is 2. The number of benzene rings is 1. The summed E-state index contributed by atoms with van der Waals surface area (Å²) in [4.78, 5) is -0.178. The summed E-state index contributed by atoms with van der Waals surface area (Å²) in [6.07, 6.45) is -7.01. The van der Waals surface area contributed by atoms with E-state index < -0.39 is 28.6 Å². The lowest BCUT2D eigenvalue weighted by Gasteiger charge is -2.18. The second kappa shape index (κ2) is 9.34. The number of alkyl halides is 5. The molecule has 0 saturated heterocycles. The predicted molar refractivity (Wildman–Crippen MR) is 83.0 cm³/mol. The van der Waals surface area contributed by atoms with E-state index in [2.05, 4.69) is 0 Å². The summed E-state index contributed by atoms with van der Waals surface area (Å²) in [6, 6.07) is 5.78. The first-order chi connectivity index (χ1) is 11.2. The lowest BCUT2D eigenvalue weighted by Crippen LogP contribution is -2.43. The second-order valence-corrected chi connectivity index (χ2v) is 7.37. The molecular formula is C13H17F5N2O3S2. The van der Waals surface area contributed by atoms with Gasteiger partial charge in [0.1, 0.15) is 10.1 Å². The first-order valence-electron chi connectivity index (χ1n) is 6.64. The molecule has 0 aliphatic heterocycles. The Kier molecular flexibility index (Phi) is 8.82. The van der Waals surface area contributed by atoms with Crippen LogP contribution in [0.3, 0.4) is 0 Å². The zero-order valence-corrected chi connectivity index (χ0v) is 14.6. The van der Waals surface area contributed by atoms with Crippen LogP contribution in [0.25, 0.3) is 0 Å². The molecule has 0 saturated carbocycles. The fourth-order valence-corrected chi connectivity index (χ4v) is 2.32. The van der Waals surface area contributed by atoms with Crippen molar-refractivity contribution >= 4 is 27.0 Å². The lowest BCUT2D eigenvalue weighted by atomic mass is 10.2. The quantitative estimate of drug-likeness (QED) is 0.253. The Balaban J connectivity index is 0.000000472. The highest BCUT2D eigenvalue weighted by Gasteiger charge is 2.56. The Morgan fingerprint density at radius 3 is 2.04 bits per heavy atom. The third-order valence-electron chi connectivity index (χ3n) is 2.63. The van der Waals surface area contributed by atoms with E-state index in [0.29, 0.717) is 0 Å². The van der Waals surface area contributed by atoms with Gasteiger partial charge in [-0.2, -0.15) is 22.0 Å². The smallest absolute Gasteiger partial charge is 0.453 e. The van der Waals surface area contributed by atoms with Gasteiger partial charge in [0.25, 0.3) is 5.17 Å². The van der Waals surface area contributed by atoms with Crippen LogP contribution in [0, 0.1) is 6.92 Å². The summed E-state index contributed by atoms with van der Waals surface area (Å²) in [5.41, 5.74) is 5.90. The SMILES string of the molecule is Cc1ccc(S(=O)(=O)[O-])cc1.NC(=[NH2+])SCCCC(F)(F)C(F)(F)F. The van der Waals surface area contributed by atoms with E-state index in [1.807, 2.05) is 6.92 Å². The second-order valence-electron chi connectivity index (χ2n) is 4.82. The van der Waals surface area contributed by atoms with Crippen LogP contribution in [0.4, 0.5) is 22.0 Å². The maximum Gasteiger partial charge on any atom is 0.453 e. The van der Waals surface area contributed by atoms with Gasteiger partial charge in [0.15, 0.2) is 0 Å². The molecule has 1 aromatic carbocycles. The van der Waals surface area contributed by atoms with Crippen molar-refractivity contribution in [2.75, 3.05) is 5.75 Å². The Labute approximate surface area is 146 Å². The van der Waals surface area contributed by atoms with Crippen LogP contribution in [0.5, 0.6) is 0 Å². The Bertz CT molecular complexity index is 661. The minimum Gasteiger partial charge on any atom is -0.744 e. The zero-order chi connectivity index (χ0) is 19.9. The molecule has 0 radical (unpaired) electrons. The molecule has 0 aliphatic carbocycles. The van der Waals surface area contributed by atoms with Crippen molar-refractivity contribution < 1.29 is 40.3 Å². The van der Waals surface area contributed by atoms with Crippen LogP contribution >= 0.6 is 11.8 Å². The predicted octanol–water partition coefficient (Wildman–Crippen LogP) is 1.67. The molecule has 1 aromatic rings. The number of hydrogen-bond donors (Lipinski definition) is 2. The molecule has 0 aliphatic rings. The van der Waals surface area contributed by atoms with E-state index in [1.54, 1.807) is 12.1 Å². The van der Waals surface area contributed by atoms with E-state index in [-0.39, 0.29) is 22.2 Å². The molecular weight excluding hydrogens is 391 g/mol. The van der Waals surface area contributed by atoms with Crippen molar-refractivity contribution in [3.8, 4) is 0 Å². The van der Waals surface area contributed by atoms with Crippen LogP contribution < -0.4 is 11.1 Å². The molecule has 144 valence electrons. The molecule has 0 spiro atoms. The summed E-state index contributed by atoms with van der Waals surface area (Å²) in [5.74, 6) is -4.58. The number of rotatable bonds is 5. The Hall–Kier alpha value is -1.40. The maximum absolute atomic E-state index is 12.3. The van der Waals surface area contributed by atoms with E-state index in [1.165, 1.54) is 12.1 Å². The maximum atomic E-state index is 12.3. The summed E-state index contributed by atoms with van der Waals surface area (Å²) in [7, 11) is -4.27. The summed E-state index contributed by atoms with van der Waals surface area (Å²) in [5, 5.41) is 4.93. The molecule has 0 fully saturated rings. The molecule has 0 unspecified atom stereocenters. The van der Waals surface area contributed by atoms with Crippen molar-refractivity contribution in [1.82, 2.24) is 0 Å². The van der Waals surface area contributed by atoms with Gasteiger partial charge in [-0.15, -0.1) is 0 Å². The van der Waals surface area contributed by atoms with Gasteiger partial charge >= 0.3 is 12.1 Å². The molecule has 5 nitrogen and oxygen atoms in total. The van der Waals surface area contributed by atoms with Gasteiger partial charge < -0.3 is 4.55 Å². The van der Waals surface area contributed by atoms with Crippen LogP contribution in [0.15, 0.2) is 29.2 Å². The highest BCUT2D eigenvalue weighted by molar-refractivity contribution is 8.13. The van der Waals surface area contributed by atoms with Crippen LogP contribution in [-0.4, -0.2) is 36.0 Å². The molecule has 4 N–H and O–H groups in total. The van der Waals surface area contributed by atoms with Crippen LogP contribution in [-0.2, 0) is 10.1 Å². The van der Waals surface area contributed by atoms with E-state index >= 15 is 0 Å². The van der Waals surface area contributed by atoms with Gasteiger partial charge in [-0.05, 0) is 37.2 Å². The van der Waals surface area contributed by atoms with Crippen molar-refractivity contribution in [1.29, 1.82) is 0 Å². The van der Waals surface area contributed by atoms with Gasteiger partial charge in [0, 0.05) is 12.2 Å². The average molecular weight is 408 g/mol. The van der Waals surface area contributed by atoms with Crippen molar-refractivity contribution in [3.05, 3.63) is 29.8 Å². The molecule has 12 heteroatoms. The first-order valence-corrected chi connectivity index (χ1v) is 9.04. The topological polar surface area (TPSA) is 109 Å². The molecule has 0 bridgehead atoms. The van der Waals surface area contributed by atoms with Crippen LogP contribution in [0.1, 0.15) is 18.4 Å². The molecule has 25 heavy (non-hydrogen) atoms. The highest BCUT2D eigenvalue weighted by atomic mass is 32.2. The summed E-state index contributed by atoms with van der Waals surface area (Å²) < 4.78 is 90.5. The largest absolute Gasteiger partial charge is 0.744 e. The number of amidine groups is 1. The summed E-state index contributed by atoms with van der Waals surface area (Å²) >= 11 is 0.854. The third-order valence-corrected chi connectivity index (χ3v) is 4.30. The molecule has 0 amide bonds. The number of halogens is 5. The Morgan fingerprint density at radius 2 is 1.68 bits per heavy atom. The normalized spacial score (nSPS) is 12.3. The molecule has 0 aromatic heterocycles. The first kappa shape index (κ1) is 23.6. The van der Waals surface area contributed by atoms with Gasteiger partial charge in [0.2, 0.25) is 0 Å². The fourth-order valence-electron chi connectivity index (χ4n) is 1.33. The number of thioether (sulfide) groups is 1. The van der Waals surface area contributed by atoms with Crippen molar-refractivity contribution in [2.45, 2.75) is 36.8 Å². The van der Waals surface area contributed by atoms with Crippen LogP contribution in [0.2, 0.25) is 0 Å². The molecule has 0 heterocycles. The standard InChI is InChI=1S/C7H8O3S.C6H9F5N2S/c1-6-2-4-7(5-3-6)11(8,9)10;7-5(8,6(9,10)11)2-1-3-14-4(12)13/h2-5H,1H3,(H,8,9,10);1-3H2,(H3,12,13). The summed E-state index contributed by atoms with van der Waals surface area (Å²) in [6.45, 7) is 1.82. The van der Waals surface area contributed by atoms with Crippen molar-refractivity contribution in [3.63, 3.8) is 0 Å². The fraction of sp³-hybridized carbons (Fsp3) is 0.462. The van der Waals surface area contributed by atoms with Crippen molar-refractivity contribution in [2.24, 2.45) is 5.73 Å². The van der Waals surface area contributed by atoms with Gasteiger partial charge in [0.05, 0.1) is 4.90 Å². The minimum absolute atomic E-state index is 0.0414. The Morgan fingerprint density at radius 1 is 1.20 bits per heavy atom. The molecule has 0 atom stereocenters.